The zero-order valence-electron chi connectivity index (χ0n) is 16.8. The second kappa shape index (κ2) is 9.89. The highest BCUT2D eigenvalue weighted by Crippen LogP contribution is 2.16. The van der Waals surface area contributed by atoms with Crippen molar-refractivity contribution in [3.63, 3.8) is 0 Å². The smallest absolute Gasteiger partial charge is 0.317 e. The van der Waals surface area contributed by atoms with Crippen LogP contribution in [0.2, 0.25) is 0 Å². The zero-order valence-corrected chi connectivity index (χ0v) is 16.8. The summed E-state index contributed by atoms with van der Waals surface area (Å²) in [6.07, 6.45) is 3.31. The number of aliphatic hydroxyl groups excluding tert-OH is 1. The first-order valence-electron chi connectivity index (χ1n) is 10.3. The Bertz CT molecular complexity index is 664. The molecule has 0 unspecified atom stereocenters. The molecular formula is C21H32N4O3. The Morgan fingerprint density at radius 1 is 1.18 bits per heavy atom. The van der Waals surface area contributed by atoms with Crippen molar-refractivity contribution in [3.8, 4) is 0 Å². The maximum Gasteiger partial charge on any atom is 0.317 e. The predicted molar refractivity (Wildman–Crippen MR) is 108 cm³/mol. The van der Waals surface area contributed by atoms with Crippen LogP contribution in [0.1, 0.15) is 30.4 Å². The second-order valence-electron chi connectivity index (χ2n) is 7.82. The molecule has 2 N–H and O–H groups in total. The Labute approximate surface area is 167 Å². The van der Waals surface area contributed by atoms with Gasteiger partial charge in [0.1, 0.15) is 6.54 Å². The fourth-order valence-electron chi connectivity index (χ4n) is 3.94. The molecule has 1 aromatic carbocycles. The van der Waals surface area contributed by atoms with Crippen LogP contribution >= 0.6 is 0 Å². The molecular weight excluding hydrogens is 356 g/mol. The topological polar surface area (TPSA) is 76.1 Å². The first-order chi connectivity index (χ1) is 13.6. The number of hydrogen-bond acceptors (Lipinski definition) is 4. The van der Waals surface area contributed by atoms with Gasteiger partial charge in [0, 0.05) is 38.8 Å². The number of likely N-dealkylation sites (tertiary alicyclic amines) is 1. The predicted octanol–water partition coefficient (Wildman–Crippen LogP) is 1.20. The van der Waals surface area contributed by atoms with Crippen LogP contribution in [0.15, 0.2) is 24.3 Å². The van der Waals surface area contributed by atoms with E-state index in [4.69, 9.17) is 0 Å². The van der Waals surface area contributed by atoms with E-state index < -0.39 is 0 Å². The molecule has 1 atom stereocenters. The molecule has 0 saturated carbocycles. The fourth-order valence-corrected chi connectivity index (χ4v) is 3.94. The van der Waals surface area contributed by atoms with Crippen molar-refractivity contribution < 1.29 is 14.7 Å². The van der Waals surface area contributed by atoms with Crippen LogP contribution in [0.5, 0.6) is 0 Å². The average Bonchev–Trinajstić information content (AvgIpc) is 2.71. The van der Waals surface area contributed by atoms with Crippen LogP contribution in [0.4, 0.5) is 4.79 Å². The van der Waals surface area contributed by atoms with Gasteiger partial charge >= 0.3 is 6.03 Å². The molecule has 0 aliphatic carbocycles. The van der Waals surface area contributed by atoms with E-state index in [9.17, 15) is 14.7 Å². The van der Waals surface area contributed by atoms with Gasteiger partial charge in [-0.25, -0.2) is 4.79 Å². The van der Waals surface area contributed by atoms with Crippen molar-refractivity contribution in [2.75, 3.05) is 45.9 Å². The summed E-state index contributed by atoms with van der Waals surface area (Å²) in [7, 11) is 0. The number of rotatable bonds is 6. The van der Waals surface area contributed by atoms with E-state index in [0.717, 1.165) is 37.9 Å². The molecule has 2 saturated heterocycles. The minimum absolute atomic E-state index is 0.0154. The highest BCUT2D eigenvalue weighted by molar-refractivity contribution is 5.85. The number of piperazine rings is 1. The van der Waals surface area contributed by atoms with E-state index in [1.165, 1.54) is 5.56 Å². The van der Waals surface area contributed by atoms with Gasteiger partial charge in [0.05, 0.1) is 6.61 Å². The summed E-state index contributed by atoms with van der Waals surface area (Å²) in [5.41, 5.74) is 2.31. The third-order valence-corrected chi connectivity index (χ3v) is 5.73. The van der Waals surface area contributed by atoms with Crippen molar-refractivity contribution in [1.29, 1.82) is 0 Å². The Hall–Kier alpha value is -2.12. The van der Waals surface area contributed by atoms with Gasteiger partial charge in [-0.3, -0.25) is 9.69 Å². The number of aliphatic hydroxyl groups is 1. The van der Waals surface area contributed by atoms with Crippen LogP contribution in [0.3, 0.4) is 0 Å². The molecule has 2 aliphatic rings. The van der Waals surface area contributed by atoms with Gasteiger partial charge in [0.25, 0.3) is 0 Å². The minimum atomic E-state index is -0.180. The lowest BCUT2D eigenvalue weighted by molar-refractivity contribution is -0.135. The molecule has 0 bridgehead atoms. The van der Waals surface area contributed by atoms with E-state index in [1.54, 1.807) is 4.90 Å². The molecule has 28 heavy (non-hydrogen) atoms. The van der Waals surface area contributed by atoms with Gasteiger partial charge in [0.2, 0.25) is 5.91 Å². The number of urea groups is 1. The molecule has 2 aliphatic heterocycles. The average molecular weight is 389 g/mol. The van der Waals surface area contributed by atoms with Crippen LogP contribution in [0.25, 0.3) is 0 Å². The van der Waals surface area contributed by atoms with Gasteiger partial charge in [-0.1, -0.05) is 36.2 Å². The van der Waals surface area contributed by atoms with Crippen LogP contribution in [-0.4, -0.2) is 83.7 Å². The number of nitrogens with one attached hydrogen (secondary N) is 1. The van der Waals surface area contributed by atoms with Gasteiger partial charge < -0.3 is 20.2 Å². The van der Waals surface area contributed by atoms with E-state index in [0.29, 0.717) is 26.2 Å². The van der Waals surface area contributed by atoms with E-state index in [2.05, 4.69) is 10.2 Å². The van der Waals surface area contributed by atoms with Crippen molar-refractivity contribution >= 4 is 11.9 Å². The lowest BCUT2D eigenvalue weighted by Crippen LogP contribution is -2.55. The summed E-state index contributed by atoms with van der Waals surface area (Å²) >= 11 is 0. The SMILES string of the molecule is Cc1ccc(CN2CCN(C(=O)NCCN3CCCC[C@@H]3CO)CC2=O)cc1. The Balaban J connectivity index is 1.41. The monoisotopic (exact) mass is 388 g/mol. The number of aryl methyl sites for hydroxylation is 1. The maximum absolute atomic E-state index is 12.5. The zero-order chi connectivity index (χ0) is 19.9. The standard InChI is InChI=1S/C21H32N4O3/c1-17-5-7-18(8-6-17)14-24-12-13-25(15-20(24)27)21(28)22-9-11-23-10-3-2-4-19(23)16-26/h5-8,19,26H,2-4,9-16H2,1H3,(H,22,28)/t19-/m1/s1. The Morgan fingerprint density at radius 3 is 2.68 bits per heavy atom. The molecule has 0 radical (unpaired) electrons. The molecule has 3 amide bonds. The highest BCUT2D eigenvalue weighted by atomic mass is 16.3. The Morgan fingerprint density at radius 2 is 1.96 bits per heavy atom. The largest absolute Gasteiger partial charge is 0.395 e. The Kier molecular flexibility index (Phi) is 7.28. The number of benzene rings is 1. The molecule has 3 rings (SSSR count). The quantitative estimate of drug-likeness (QED) is 0.768. The summed E-state index contributed by atoms with van der Waals surface area (Å²) in [5.74, 6) is -0.0154. The summed E-state index contributed by atoms with van der Waals surface area (Å²) in [5, 5.41) is 12.4. The van der Waals surface area contributed by atoms with E-state index >= 15 is 0 Å². The van der Waals surface area contributed by atoms with Gasteiger partial charge in [-0.05, 0) is 31.9 Å². The molecule has 0 aromatic heterocycles. The van der Waals surface area contributed by atoms with Crippen molar-refractivity contribution in [2.45, 2.75) is 38.8 Å². The van der Waals surface area contributed by atoms with Crippen molar-refractivity contribution in [2.24, 2.45) is 0 Å². The molecule has 7 nitrogen and oxygen atoms in total. The number of piperidine rings is 1. The lowest BCUT2D eigenvalue weighted by Gasteiger charge is -2.36. The summed E-state index contributed by atoms with van der Waals surface area (Å²) in [4.78, 5) is 30.5. The van der Waals surface area contributed by atoms with Crippen LogP contribution < -0.4 is 5.32 Å². The van der Waals surface area contributed by atoms with Gasteiger partial charge in [-0.15, -0.1) is 0 Å². The second-order valence-corrected chi connectivity index (χ2v) is 7.82. The van der Waals surface area contributed by atoms with Crippen LogP contribution in [0, 0.1) is 6.92 Å². The fraction of sp³-hybridized carbons (Fsp3) is 0.619. The third-order valence-electron chi connectivity index (χ3n) is 5.73. The number of nitrogens with zero attached hydrogens (tertiary/aromatic N) is 3. The molecule has 7 heteroatoms. The first-order valence-corrected chi connectivity index (χ1v) is 10.3. The van der Waals surface area contributed by atoms with Gasteiger partial charge in [-0.2, -0.15) is 0 Å². The van der Waals surface area contributed by atoms with Crippen molar-refractivity contribution in [1.82, 2.24) is 20.0 Å². The summed E-state index contributed by atoms with van der Waals surface area (Å²) < 4.78 is 0. The third kappa shape index (κ3) is 5.45. The van der Waals surface area contributed by atoms with E-state index in [1.807, 2.05) is 36.1 Å². The maximum atomic E-state index is 12.5. The normalized spacial score (nSPS) is 21.1. The number of carbonyl (C=O) groups is 2. The van der Waals surface area contributed by atoms with Gasteiger partial charge in [0.15, 0.2) is 0 Å². The summed E-state index contributed by atoms with van der Waals surface area (Å²) in [6, 6.07) is 8.21. The first kappa shape index (κ1) is 20.6. The number of carbonyl (C=O) groups excluding carboxylic acids is 2. The van der Waals surface area contributed by atoms with Crippen molar-refractivity contribution in [3.05, 3.63) is 35.4 Å². The molecule has 154 valence electrons. The number of hydrogen-bond donors (Lipinski definition) is 2. The number of amides is 3. The van der Waals surface area contributed by atoms with E-state index in [-0.39, 0.29) is 31.1 Å². The molecule has 0 spiro atoms. The molecule has 2 heterocycles. The molecule has 1 aromatic rings. The molecule has 2 fully saturated rings. The highest BCUT2D eigenvalue weighted by Gasteiger charge is 2.27. The minimum Gasteiger partial charge on any atom is -0.395 e. The van der Waals surface area contributed by atoms with Crippen LogP contribution in [-0.2, 0) is 11.3 Å². The summed E-state index contributed by atoms with van der Waals surface area (Å²) in [6.45, 7) is 6.27. The lowest BCUT2D eigenvalue weighted by atomic mass is 10.0.